The summed E-state index contributed by atoms with van der Waals surface area (Å²) in [6.07, 6.45) is 2.64. The fourth-order valence-corrected chi connectivity index (χ4v) is 2.79. The van der Waals surface area contributed by atoms with Crippen LogP contribution in [0.5, 0.6) is 17.2 Å². The van der Waals surface area contributed by atoms with Crippen LogP contribution >= 0.6 is 0 Å². The first-order chi connectivity index (χ1) is 10.0. The van der Waals surface area contributed by atoms with E-state index in [0.29, 0.717) is 5.56 Å². The Morgan fingerprint density at radius 2 is 1.48 bits per heavy atom. The molecule has 0 aliphatic rings. The van der Waals surface area contributed by atoms with E-state index >= 15 is 0 Å². The van der Waals surface area contributed by atoms with Crippen molar-refractivity contribution in [3.8, 4) is 28.4 Å². The molecule has 0 fully saturated rings. The van der Waals surface area contributed by atoms with Crippen molar-refractivity contribution in [1.82, 2.24) is 0 Å². The van der Waals surface area contributed by atoms with Gasteiger partial charge < -0.3 is 15.3 Å². The Labute approximate surface area is 125 Å². The van der Waals surface area contributed by atoms with Gasteiger partial charge in [0, 0.05) is 11.6 Å². The van der Waals surface area contributed by atoms with Gasteiger partial charge in [0.1, 0.15) is 5.75 Å². The lowest BCUT2D eigenvalue weighted by molar-refractivity contribution is 0.398. The Bertz CT molecular complexity index is 660. The highest BCUT2D eigenvalue weighted by atomic mass is 16.3. The van der Waals surface area contributed by atoms with Gasteiger partial charge in [-0.2, -0.15) is 0 Å². The van der Waals surface area contributed by atoms with Gasteiger partial charge in [0.2, 0.25) is 0 Å². The molecule has 0 aliphatic carbocycles. The van der Waals surface area contributed by atoms with Crippen molar-refractivity contribution >= 4 is 0 Å². The predicted octanol–water partition coefficient (Wildman–Crippen LogP) is 4.16. The third-order valence-corrected chi connectivity index (χ3v) is 3.91. The van der Waals surface area contributed by atoms with Crippen molar-refractivity contribution in [2.75, 3.05) is 0 Å². The standard InChI is InChI=1S/C18H22O3/c1-4-11-7-12(5-2)14(6-3)15(8-11)16-9-13(19)10-17(20)18(16)21/h7-10,19-21H,4-6H2,1-3H3. The molecule has 0 saturated heterocycles. The number of aryl methyl sites for hydroxylation is 2. The van der Waals surface area contributed by atoms with Crippen molar-refractivity contribution in [2.24, 2.45) is 0 Å². The molecule has 3 heteroatoms. The minimum absolute atomic E-state index is 0.0534. The molecular weight excluding hydrogens is 264 g/mol. The van der Waals surface area contributed by atoms with Crippen molar-refractivity contribution < 1.29 is 15.3 Å². The van der Waals surface area contributed by atoms with Crippen LogP contribution in [0.3, 0.4) is 0 Å². The van der Waals surface area contributed by atoms with E-state index < -0.39 is 0 Å². The van der Waals surface area contributed by atoms with Crippen LogP contribution in [0.25, 0.3) is 11.1 Å². The van der Waals surface area contributed by atoms with Crippen LogP contribution in [0.4, 0.5) is 0 Å². The number of rotatable bonds is 4. The second-order valence-corrected chi connectivity index (χ2v) is 5.20. The molecule has 2 aromatic rings. The molecular formula is C18H22O3. The van der Waals surface area contributed by atoms with Crippen LogP contribution in [0.1, 0.15) is 37.5 Å². The molecule has 0 atom stereocenters. The molecule has 0 unspecified atom stereocenters. The normalized spacial score (nSPS) is 10.8. The molecule has 3 N–H and O–H groups in total. The monoisotopic (exact) mass is 286 g/mol. The van der Waals surface area contributed by atoms with Gasteiger partial charge >= 0.3 is 0 Å². The quantitative estimate of drug-likeness (QED) is 0.584. The number of phenolic OH excluding ortho intramolecular Hbond substituents is 3. The Morgan fingerprint density at radius 1 is 0.762 bits per heavy atom. The first-order valence-electron chi connectivity index (χ1n) is 7.41. The van der Waals surface area contributed by atoms with Gasteiger partial charge in [-0.15, -0.1) is 0 Å². The molecule has 2 rings (SSSR count). The lowest BCUT2D eigenvalue weighted by Crippen LogP contribution is -1.98. The summed E-state index contributed by atoms with van der Waals surface area (Å²) < 4.78 is 0. The average Bonchev–Trinajstić information content (AvgIpc) is 2.49. The first kappa shape index (κ1) is 15.2. The Balaban J connectivity index is 2.79. The summed E-state index contributed by atoms with van der Waals surface area (Å²) in [6, 6.07) is 6.88. The molecule has 2 aromatic carbocycles. The molecule has 0 bridgehead atoms. The molecule has 0 amide bonds. The van der Waals surface area contributed by atoms with Gasteiger partial charge in [-0.1, -0.05) is 32.9 Å². The summed E-state index contributed by atoms with van der Waals surface area (Å²) in [6.45, 7) is 6.27. The van der Waals surface area contributed by atoms with Gasteiger partial charge in [0.25, 0.3) is 0 Å². The number of phenols is 3. The Kier molecular flexibility index (Phi) is 4.41. The molecule has 0 aromatic heterocycles. The maximum absolute atomic E-state index is 10.2. The number of hydrogen-bond acceptors (Lipinski definition) is 3. The topological polar surface area (TPSA) is 60.7 Å². The zero-order valence-electron chi connectivity index (χ0n) is 12.8. The van der Waals surface area contributed by atoms with Crippen molar-refractivity contribution in [3.63, 3.8) is 0 Å². The summed E-state index contributed by atoms with van der Waals surface area (Å²) in [4.78, 5) is 0. The van der Waals surface area contributed by atoms with E-state index in [1.165, 1.54) is 17.2 Å². The van der Waals surface area contributed by atoms with Crippen LogP contribution < -0.4 is 0 Å². The van der Waals surface area contributed by atoms with Crippen LogP contribution in [0, 0.1) is 0 Å². The zero-order chi connectivity index (χ0) is 15.6. The third-order valence-electron chi connectivity index (χ3n) is 3.91. The molecule has 0 aliphatic heterocycles. The van der Waals surface area contributed by atoms with E-state index in [1.807, 2.05) is 6.07 Å². The van der Waals surface area contributed by atoms with E-state index in [-0.39, 0.29) is 17.2 Å². The fourth-order valence-electron chi connectivity index (χ4n) is 2.79. The largest absolute Gasteiger partial charge is 0.508 e. The lowest BCUT2D eigenvalue weighted by atomic mass is 9.89. The van der Waals surface area contributed by atoms with Gasteiger partial charge in [-0.3, -0.25) is 0 Å². The molecule has 0 spiro atoms. The maximum Gasteiger partial charge on any atom is 0.165 e. The minimum atomic E-state index is -0.299. The highest BCUT2D eigenvalue weighted by Crippen LogP contribution is 2.42. The number of hydrogen-bond donors (Lipinski definition) is 3. The second-order valence-electron chi connectivity index (χ2n) is 5.20. The molecule has 0 saturated carbocycles. The smallest absolute Gasteiger partial charge is 0.165 e. The van der Waals surface area contributed by atoms with Crippen molar-refractivity contribution in [3.05, 3.63) is 41.0 Å². The molecule has 3 nitrogen and oxygen atoms in total. The number of aromatic hydroxyl groups is 3. The Morgan fingerprint density at radius 3 is 2.05 bits per heavy atom. The van der Waals surface area contributed by atoms with E-state index in [0.717, 1.165) is 36.5 Å². The van der Waals surface area contributed by atoms with Crippen LogP contribution in [-0.4, -0.2) is 15.3 Å². The molecule has 0 radical (unpaired) electrons. The van der Waals surface area contributed by atoms with Crippen LogP contribution in [0.15, 0.2) is 24.3 Å². The fraction of sp³-hybridized carbons (Fsp3) is 0.333. The molecule has 0 heterocycles. The minimum Gasteiger partial charge on any atom is -0.508 e. The maximum atomic E-state index is 10.2. The van der Waals surface area contributed by atoms with Gasteiger partial charge in [-0.25, -0.2) is 0 Å². The van der Waals surface area contributed by atoms with Crippen molar-refractivity contribution in [1.29, 1.82) is 0 Å². The third kappa shape index (κ3) is 2.82. The first-order valence-corrected chi connectivity index (χ1v) is 7.41. The van der Waals surface area contributed by atoms with E-state index in [9.17, 15) is 15.3 Å². The van der Waals surface area contributed by atoms with Gasteiger partial charge in [0.05, 0.1) is 0 Å². The number of benzene rings is 2. The molecule has 112 valence electrons. The van der Waals surface area contributed by atoms with Gasteiger partial charge in [0.15, 0.2) is 11.5 Å². The van der Waals surface area contributed by atoms with E-state index in [1.54, 1.807) is 0 Å². The Hall–Kier alpha value is -2.16. The van der Waals surface area contributed by atoms with Gasteiger partial charge in [-0.05, 0) is 47.6 Å². The SMILES string of the molecule is CCc1cc(CC)c(CC)c(-c2cc(O)cc(O)c2O)c1. The summed E-state index contributed by atoms with van der Waals surface area (Å²) in [5, 5.41) is 29.6. The average molecular weight is 286 g/mol. The highest BCUT2D eigenvalue weighted by molar-refractivity contribution is 5.78. The van der Waals surface area contributed by atoms with Crippen LogP contribution in [-0.2, 0) is 19.3 Å². The lowest BCUT2D eigenvalue weighted by Gasteiger charge is -2.17. The second kappa shape index (κ2) is 6.08. The molecule has 21 heavy (non-hydrogen) atoms. The predicted molar refractivity (Wildman–Crippen MR) is 85.0 cm³/mol. The van der Waals surface area contributed by atoms with Crippen LogP contribution in [0.2, 0.25) is 0 Å². The summed E-state index contributed by atoms with van der Waals surface area (Å²) in [5.41, 5.74) is 4.94. The van der Waals surface area contributed by atoms with E-state index in [2.05, 4.69) is 26.8 Å². The zero-order valence-corrected chi connectivity index (χ0v) is 12.8. The summed E-state index contributed by atoms with van der Waals surface area (Å²) in [7, 11) is 0. The van der Waals surface area contributed by atoms with Crippen molar-refractivity contribution in [2.45, 2.75) is 40.0 Å². The summed E-state index contributed by atoms with van der Waals surface area (Å²) in [5.74, 6) is -0.535. The van der Waals surface area contributed by atoms with E-state index in [4.69, 9.17) is 0 Å². The summed E-state index contributed by atoms with van der Waals surface area (Å²) >= 11 is 0. The highest BCUT2D eigenvalue weighted by Gasteiger charge is 2.16.